The van der Waals surface area contributed by atoms with Gasteiger partial charge in [0, 0.05) is 52.4 Å². The summed E-state index contributed by atoms with van der Waals surface area (Å²) < 4.78 is 0. The zero-order valence-corrected chi connectivity index (χ0v) is 20.0. The number of rotatable bonds is 6. The van der Waals surface area contributed by atoms with Gasteiger partial charge in [-0.3, -0.25) is 9.79 Å². The van der Waals surface area contributed by atoms with Gasteiger partial charge < -0.3 is 20.4 Å². The van der Waals surface area contributed by atoms with E-state index in [0.717, 1.165) is 32.0 Å². The molecule has 0 aliphatic carbocycles. The molecule has 1 aliphatic rings. The van der Waals surface area contributed by atoms with Gasteiger partial charge in [0.15, 0.2) is 5.96 Å². The molecule has 2 aromatic rings. The minimum absolute atomic E-state index is 0. The number of pyridine rings is 1. The van der Waals surface area contributed by atoms with E-state index in [4.69, 9.17) is 0 Å². The number of nitrogens with one attached hydrogen (secondary N) is 2. The third-order valence-electron chi connectivity index (χ3n) is 5.11. The van der Waals surface area contributed by atoms with Crippen LogP contribution < -0.4 is 15.5 Å². The number of amides is 1. The average Bonchev–Trinajstić information content (AvgIpc) is 2.79. The number of anilines is 1. The lowest BCUT2D eigenvalue weighted by Gasteiger charge is -2.35. The number of nitrogens with zero attached hydrogens (tertiary/aromatic N) is 4. The van der Waals surface area contributed by atoms with Crippen molar-refractivity contribution < 1.29 is 4.79 Å². The van der Waals surface area contributed by atoms with E-state index in [1.807, 2.05) is 41.3 Å². The number of aliphatic imine (C=N–C) groups is 1. The second kappa shape index (κ2) is 12.4. The molecule has 1 amide bonds. The zero-order chi connectivity index (χ0) is 20.5. The third-order valence-corrected chi connectivity index (χ3v) is 5.11. The van der Waals surface area contributed by atoms with Crippen molar-refractivity contribution in [3.05, 3.63) is 60.3 Å². The highest BCUT2D eigenvalue weighted by Gasteiger charge is 2.21. The topological polar surface area (TPSA) is 72.9 Å². The molecule has 1 aromatic carbocycles. The van der Waals surface area contributed by atoms with Crippen LogP contribution in [0.2, 0.25) is 0 Å². The molecule has 7 nitrogen and oxygen atoms in total. The maximum atomic E-state index is 12.5. The van der Waals surface area contributed by atoms with Crippen molar-refractivity contribution in [1.82, 2.24) is 20.5 Å². The van der Waals surface area contributed by atoms with Crippen LogP contribution in [0, 0.1) is 0 Å². The molecule has 1 unspecified atom stereocenters. The third kappa shape index (κ3) is 6.86. The second-order valence-electron chi connectivity index (χ2n) is 7.08. The number of carbonyl (C=O) groups excluding carboxylic acids is 1. The van der Waals surface area contributed by atoms with Crippen molar-refractivity contribution >= 4 is 41.7 Å². The number of benzene rings is 1. The molecule has 0 radical (unpaired) electrons. The standard InChI is InChI=1S/C22H30N6O.HI/c1-18(19-8-4-3-5-9-19)26-22(23-2)25-13-11-21(29)28-16-14-27(15-17-28)20-10-6-7-12-24-20;/h3-10,12,18H,11,13-17H2,1-2H3,(H2,23,25,26);1H. The van der Waals surface area contributed by atoms with E-state index < -0.39 is 0 Å². The van der Waals surface area contributed by atoms with E-state index >= 15 is 0 Å². The molecule has 2 heterocycles. The van der Waals surface area contributed by atoms with Crippen molar-refractivity contribution in [2.75, 3.05) is 44.7 Å². The highest BCUT2D eigenvalue weighted by molar-refractivity contribution is 14.0. The van der Waals surface area contributed by atoms with Crippen LogP contribution in [-0.2, 0) is 4.79 Å². The lowest BCUT2D eigenvalue weighted by Crippen LogP contribution is -2.49. The van der Waals surface area contributed by atoms with Crippen LogP contribution in [0.3, 0.4) is 0 Å². The molecule has 0 spiro atoms. The fraction of sp³-hybridized carbons (Fsp3) is 0.409. The van der Waals surface area contributed by atoms with Crippen molar-refractivity contribution in [1.29, 1.82) is 0 Å². The molecular weight excluding hydrogens is 491 g/mol. The molecule has 1 aliphatic heterocycles. The van der Waals surface area contributed by atoms with Gasteiger partial charge in [-0.25, -0.2) is 4.98 Å². The molecule has 0 saturated carbocycles. The molecule has 0 bridgehead atoms. The zero-order valence-electron chi connectivity index (χ0n) is 17.6. The van der Waals surface area contributed by atoms with Crippen LogP contribution >= 0.6 is 24.0 Å². The fourth-order valence-corrected chi connectivity index (χ4v) is 3.40. The molecule has 1 aromatic heterocycles. The summed E-state index contributed by atoms with van der Waals surface area (Å²) >= 11 is 0. The number of aromatic nitrogens is 1. The van der Waals surface area contributed by atoms with Crippen LogP contribution in [0.15, 0.2) is 59.7 Å². The van der Waals surface area contributed by atoms with Crippen molar-refractivity contribution in [3.63, 3.8) is 0 Å². The summed E-state index contributed by atoms with van der Waals surface area (Å²) in [4.78, 5) is 25.4. The first-order valence-corrected chi connectivity index (χ1v) is 10.1. The van der Waals surface area contributed by atoms with Crippen LogP contribution in [-0.4, -0.2) is 61.5 Å². The van der Waals surface area contributed by atoms with E-state index in [1.165, 1.54) is 5.56 Å². The van der Waals surface area contributed by atoms with Crippen molar-refractivity contribution in [2.45, 2.75) is 19.4 Å². The van der Waals surface area contributed by atoms with Gasteiger partial charge in [0.25, 0.3) is 0 Å². The van der Waals surface area contributed by atoms with Gasteiger partial charge in [0.2, 0.25) is 5.91 Å². The minimum atomic E-state index is 0. The lowest BCUT2D eigenvalue weighted by atomic mass is 10.1. The van der Waals surface area contributed by atoms with Gasteiger partial charge in [0.05, 0.1) is 6.04 Å². The van der Waals surface area contributed by atoms with E-state index in [0.29, 0.717) is 18.9 Å². The highest BCUT2D eigenvalue weighted by Crippen LogP contribution is 2.13. The summed E-state index contributed by atoms with van der Waals surface area (Å²) in [6, 6.07) is 16.3. The molecule has 1 saturated heterocycles. The van der Waals surface area contributed by atoms with E-state index in [9.17, 15) is 4.79 Å². The Bertz CT molecular complexity index is 794. The monoisotopic (exact) mass is 522 g/mol. The molecule has 1 atom stereocenters. The second-order valence-corrected chi connectivity index (χ2v) is 7.08. The first-order chi connectivity index (χ1) is 14.2. The maximum Gasteiger partial charge on any atom is 0.224 e. The Hall–Kier alpha value is -2.36. The molecule has 3 rings (SSSR count). The van der Waals surface area contributed by atoms with Crippen LogP contribution in [0.25, 0.3) is 0 Å². The summed E-state index contributed by atoms with van der Waals surface area (Å²) in [6.45, 7) is 5.73. The smallest absolute Gasteiger partial charge is 0.224 e. The Balaban J connectivity index is 0.00000320. The average molecular weight is 522 g/mol. The maximum absolute atomic E-state index is 12.5. The van der Waals surface area contributed by atoms with Gasteiger partial charge in [-0.15, -0.1) is 24.0 Å². The first kappa shape index (κ1) is 23.9. The molecule has 8 heteroatoms. The molecule has 162 valence electrons. The number of carbonyl (C=O) groups is 1. The molecular formula is C22H31IN6O. The van der Waals surface area contributed by atoms with Gasteiger partial charge >= 0.3 is 0 Å². The number of halogens is 1. The van der Waals surface area contributed by atoms with E-state index in [1.54, 1.807) is 13.2 Å². The summed E-state index contributed by atoms with van der Waals surface area (Å²) in [6.07, 6.45) is 2.25. The first-order valence-electron chi connectivity index (χ1n) is 10.1. The highest BCUT2D eigenvalue weighted by atomic mass is 127. The van der Waals surface area contributed by atoms with Gasteiger partial charge in [-0.1, -0.05) is 36.4 Å². The van der Waals surface area contributed by atoms with Crippen LogP contribution in [0.5, 0.6) is 0 Å². The lowest BCUT2D eigenvalue weighted by molar-refractivity contribution is -0.131. The molecule has 30 heavy (non-hydrogen) atoms. The van der Waals surface area contributed by atoms with Crippen LogP contribution in [0.4, 0.5) is 5.82 Å². The largest absolute Gasteiger partial charge is 0.356 e. The van der Waals surface area contributed by atoms with Gasteiger partial charge in [0.1, 0.15) is 5.82 Å². The quantitative estimate of drug-likeness (QED) is 0.347. The Morgan fingerprint density at radius 3 is 2.43 bits per heavy atom. The summed E-state index contributed by atoms with van der Waals surface area (Å²) in [5.41, 5.74) is 1.19. The minimum Gasteiger partial charge on any atom is -0.356 e. The molecule has 1 fully saturated rings. The number of piperazine rings is 1. The summed E-state index contributed by atoms with van der Waals surface area (Å²) in [7, 11) is 1.74. The number of guanidine groups is 1. The summed E-state index contributed by atoms with van der Waals surface area (Å²) in [5.74, 6) is 1.85. The predicted molar refractivity (Wildman–Crippen MR) is 132 cm³/mol. The van der Waals surface area contributed by atoms with Gasteiger partial charge in [-0.2, -0.15) is 0 Å². The predicted octanol–water partition coefficient (Wildman–Crippen LogP) is 2.66. The fourth-order valence-electron chi connectivity index (χ4n) is 3.40. The Morgan fingerprint density at radius 1 is 1.10 bits per heavy atom. The Morgan fingerprint density at radius 2 is 1.80 bits per heavy atom. The Kier molecular flexibility index (Phi) is 9.85. The number of hydrogen-bond acceptors (Lipinski definition) is 4. The number of hydrogen-bond donors (Lipinski definition) is 2. The van der Waals surface area contributed by atoms with E-state index in [-0.39, 0.29) is 35.9 Å². The van der Waals surface area contributed by atoms with Gasteiger partial charge in [-0.05, 0) is 24.6 Å². The van der Waals surface area contributed by atoms with Crippen LogP contribution in [0.1, 0.15) is 24.9 Å². The normalized spacial score (nSPS) is 15.2. The molecule has 2 N–H and O–H groups in total. The van der Waals surface area contributed by atoms with Crippen molar-refractivity contribution in [2.24, 2.45) is 4.99 Å². The Labute approximate surface area is 196 Å². The summed E-state index contributed by atoms with van der Waals surface area (Å²) in [5, 5.41) is 6.61. The van der Waals surface area contributed by atoms with E-state index in [2.05, 4.69) is 44.6 Å². The SMILES string of the molecule is CN=C(NCCC(=O)N1CCN(c2ccccn2)CC1)NC(C)c1ccccc1.I. The van der Waals surface area contributed by atoms with Crippen molar-refractivity contribution in [3.8, 4) is 0 Å².